The van der Waals surface area contributed by atoms with Gasteiger partial charge in [-0.15, -0.1) is 0 Å². The normalized spacial score (nSPS) is 17.8. The number of carboxylic acids is 1. The molecule has 0 spiro atoms. The monoisotopic (exact) mass is 507 g/mol. The second kappa shape index (κ2) is 13.7. The first-order valence-corrected chi connectivity index (χ1v) is 12.7. The van der Waals surface area contributed by atoms with E-state index in [1.807, 2.05) is 36.6 Å². The summed E-state index contributed by atoms with van der Waals surface area (Å²) in [5.41, 5.74) is 12.2. The quantitative estimate of drug-likeness (QED) is 0.230. The summed E-state index contributed by atoms with van der Waals surface area (Å²) in [6.07, 6.45) is 2.66. The third-order valence-electron chi connectivity index (χ3n) is 5.72. The summed E-state index contributed by atoms with van der Waals surface area (Å²) in [7, 11) is 0. The Morgan fingerprint density at radius 2 is 1.77 bits per heavy atom. The molecule has 1 saturated heterocycles. The zero-order chi connectivity index (χ0) is 26.0. The van der Waals surface area contributed by atoms with Crippen LogP contribution < -0.4 is 22.1 Å². The number of hydrogen-bond donors (Lipinski definition) is 5. The van der Waals surface area contributed by atoms with Gasteiger partial charge in [0.2, 0.25) is 23.6 Å². The lowest BCUT2D eigenvalue weighted by molar-refractivity contribution is -0.149. The number of carbonyl (C=O) groups excluding carboxylic acids is 4. The first-order chi connectivity index (χ1) is 16.6. The predicted octanol–water partition coefficient (Wildman–Crippen LogP) is -0.770. The Labute approximate surface area is 208 Å². The molecule has 1 aliphatic heterocycles. The molecule has 0 aromatic heterocycles. The zero-order valence-corrected chi connectivity index (χ0v) is 20.5. The molecule has 0 radical (unpaired) electrons. The van der Waals surface area contributed by atoms with Gasteiger partial charge in [0.1, 0.15) is 18.1 Å². The lowest BCUT2D eigenvalue weighted by atomic mass is 10.0. The van der Waals surface area contributed by atoms with Gasteiger partial charge in [-0.2, -0.15) is 11.8 Å². The second-order valence-corrected chi connectivity index (χ2v) is 9.38. The third-order valence-corrected chi connectivity index (χ3v) is 6.36. The van der Waals surface area contributed by atoms with E-state index in [1.165, 1.54) is 11.8 Å². The van der Waals surface area contributed by atoms with Gasteiger partial charge in [-0.1, -0.05) is 30.3 Å². The van der Waals surface area contributed by atoms with E-state index in [9.17, 15) is 29.1 Å². The van der Waals surface area contributed by atoms with Crippen molar-refractivity contribution in [2.24, 2.45) is 11.5 Å². The number of nitrogens with zero attached hydrogens (tertiary/aromatic N) is 1. The zero-order valence-electron chi connectivity index (χ0n) is 19.6. The number of nitrogens with one attached hydrogen (secondary N) is 2. The summed E-state index contributed by atoms with van der Waals surface area (Å²) in [6, 6.07) is 4.92. The molecular weight excluding hydrogens is 474 g/mol. The van der Waals surface area contributed by atoms with E-state index in [2.05, 4.69) is 10.6 Å². The Morgan fingerprint density at radius 1 is 1.11 bits per heavy atom. The Balaban J connectivity index is 2.11. The van der Waals surface area contributed by atoms with Gasteiger partial charge in [0.15, 0.2) is 0 Å². The summed E-state index contributed by atoms with van der Waals surface area (Å²) in [6.45, 7) is 0.196. The van der Waals surface area contributed by atoms with Crippen molar-refractivity contribution in [3.8, 4) is 0 Å². The van der Waals surface area contributed by atoms with Crippen LogP contribution in [0.25, 0.3) is 0 Å². The largest absolute Gasteiger partial charge is 0.480 e. The molecule has 2 rings (SSSR count). The molecule has 192 valence electrons. The van der Waals surface area contributed by atoms with Gasteiger partial charge < -0.3 is 32.1 Å². The fraction of sp³-hybridized carbons (Fsp3) is 0.522. The highest BCUT2D eigenvalue weighted by Gasteiger charge is 2.39. The maximum Gasteiger partial charge on any atom is 0.326 e. The topological polar surface area (TPSA) is 185 Å². The molecular formula is C23H33N5O6S. The van der Waals surface area contributed by atoms with Gasteiger partial charge in [-0.05, 0) is 43.3 Å². The van der Waals surface area contributed by atoms with Crippen LogP contribution in [0.15, 0.2) is 30.3 Å². The Morgan fingerprint density at radius 3 is 2.37 bits per heavy atom. The average Bonchev–Trinajstić information content (AvgIpc) is 3.31. The Kier molecular flexibility index (Phi) is 11.0. The van der Waals surface area contributed by atoms with Crippen molar-refractivity contribution in [2.75, 3.05) is 18.6 Å². The maximum atomic E-state index is 13.1. The van der Waals surface area contributed by atoms with Crippen LogP contribution in [0, 0.1) is 0 Å². The highest BCUT2D eigenvalue weighted by atomic mass is 32.2. The number of benzene rings is 1. The molecule has 1 aromatic rings. The van der Waals surface area contributed by atoms with Crippen molar-refractivity contribution in [1.82, 2.24) is 15.5 Å². The summed E-state index contributed by atoms with van der Waals surface area (Å²) < 4.78 is 0. The van der Waals surface area contributed by atoms with Gasteiger partial charge in [-0.3, -0.25) is 19.2 Å². The minimum absolute atomic E-state index is 0.196. The van der Waals surface area contributed by atoms with E-state index in [4.69, 9.17) is 11.5 Å². The molecule has 1 fully saturated rings. The first kappa shape index (κ1) is 28.1. The number of carboxylic acid groups (broad SMARTS) is 1. The fourth-order valence-electron chi connectivity index (χ4n) is 3.90. The van der Waals surface area contributed by atoms with Crippen LogP contribution in [-0.4, -0.2) is 82.3 Å². The highest BCUT2D eigenvalue weighted by molar-refractivity contribution is 7.98. The summed E-state index contributed by atoms with van der Waals surface area (Å²) in [5, 5.41) is 14.5. The molecule has 7 N–H and O–H groups in total. The number of amides is 4. The van der Waals surface area contributed by atoms with Crippen molar-refractivity contribution < 1.29 is 29.1 Å². The fourth-order valence-corrected chi connectivity index (χ4v) is 4.38. The molecule has 11 nitrogen and oxygen atoms in total. The molecule has 0 saturated carbocycles. The number of primary amides is 1. The van der Waals surface area contributed by atoms with Crippen LogP contribution >= 0.6 is 11.8 Å². The van der Waals surface area contributed by atoms with E-state index < -0.39 is 60.2 Å². The number of likely N-dealkylation sites (tertiary alicyclic amines) is 1. The summed E-state index contributed by atoms with van der Waals surface area (Å²) in [4.78, 5) is 63.1. The number of carbonyl (C=O) groups is 5. The number of hydrogen-bond acceptors (Lipinski definition) is 7. The third kappa shape index (κ3) is 8.55. The van der Waals surface area contributed by atoms with E-state index >= 15 is 0 Å². The number of aliphatic carboxylic acids is 1. The molecule has 4 atom stereocenters. The minimum Gasteiger partial charge on any atom is -0.480 e. The maximum absolute atomic E-state index is 13.1. The lowest BCUT2D eigenvalue weighted by Crippen LogP contribution is -2.58. The summed E-state index contributed by atoms with van der Waals surface area (Å²) >= 11 is 1.47. The van der Waals surface area contributed by atoms with Crippen molar-refractivity contribution >= 4 is 41.4 Å². The van der Waals surface area contributed by atoms with Gasteiger partial charge in [0, 0.05) is 6.54 Å². The van der Waals surface area contributed by atoms with E-state index in [-0.39, 0.29) is 25.8 Å². The van der Waals surface area contributed by atoms with Crippen molar-refractivity contribution in [3.05, 3.63) is 35.9 Å². The smallest absolute Gasteiger partial charge is 0.326 e. The molecule has 12 heteroatoms. The standard InChI is InChI=1S/C23H33N5O6S/c1-35-11-9-16(26-20(30)15(24)12-14-6-3-2-4-7-14)21(31)27-17(13-19(25)29)22(32)28-10-5-8-18(28)23(33)34/h2-4,6-7,15-18H,5,8-13,24H2,1H3,(H2,25,29)(H,26,30)(H,27,31)(H,33,34). The molecule has 4 unspecified atom stereocenters. The molecule has 4 amide bonds. The second-order valence-electron chi connectivity index (χ2n) is 8.40. The van der Waals surface area contributed by atoms with E-state index in [0.29, 0.717) is 12.2 Å². The van der Waals surface area contributed by atoms with Crippen LogP contribution in [-0.2, 0) is 30.4 Å². The van der Waals surface area contributed by atoms with Crippen molar-refractivity contribution in [3.63, 3.8) is 0 Å². The Hall–Kier alpha value is -3.12. The molecule has 0 bridgehead atoms. The van der Waals surface area contributed by atoms with Crippen LogP contribution in [0.4, 0.5) is 0 Å². The minimum atomic E-state index is -1.34. The molecule has 35 heavy (non-hydrogen) atoms. The molecule has 1 aromatic carbocycles. The predicted molar refractivity (Wildman–Crippen MR) is 131 cm³/mol. The number of rotatable bonds is 13. The van der Waals surface area contributed by atoms with Gasteiger partial charge in [0.05, 0.1) is 12.5 Å². The van der Waals surface area contributed by atoms with E-state index in [1.54, 1.807) is 0 Å². The summed E-state index contributed by atoms with van der Waals surface area (Å²) in [5.74, 6) is -3.35. The van der Waals surface area contributed by atoms with Crippen LogP contribution in [0.5, 0.6) is 0 Å². The number of nitrogens with two attached hydrogens (primary N) is 2. The van der Waals surface area contributed by atoms with Gasteiger partial charge >= 0.3 is 5.97 Å². The molecule has 1 heterocycles. The lowest BCUT2D eigenvalue weighted by Gasteiger charge is -2.28. The van der Waals surface area contributed by atoms with Crippen molar-refractivity contribution in [1.29, 1.82) is 0 Å². The first-order valence-electron chi connectivity index (χ1n) is 11.3. The molecule has 1 aliphatic rings. The highest BCUT2D eigenvalue weighted by Crippen LogP contribution is 2.19. The molecule has 0 aliphatic carbocycles. The average molecular weight is 508 g/mol. The van der Waals surface area contributed by atoms with Gasteiger partial charge in [-0.25, -0.2) is 4.79 Å². The van der Waals surface area contributed by atoms with E-state index in [0.717, 1.165) is 10.5 Å². The SMILES string of the molecule is CSCCC(NC(=O)C(N)Cc1ccccc1)C(=O)NC(CC(N)=O)C(=O)N1CCCC1C(=O)O. The van der Waals surface area contributed by atoms with Crippen LogP contribution in [0.1, 0.15) is 31.2 Å². The number of thioether (sulfide) groups is 1. The van der Waals surface area contributed by atoms with Crippen LogP contribution in [0.2, 0.25) is 0 Å². The van der Waals surface area contributed by atoms with Crippen LogP contribution in [0.3, 0.4) is 0 Å². The van der Waals surface area contributed by atoms with Gasteiger partial charge in [0.25, 0.3) is 0 Å². The van der Waals surface area contributed by atoms with Crippen molar-refractivity contribution in [2.45, 2.75) is 56.3 Å². The Bertz CT molecular complexity index is 915.